The van der Waals surface area contributed by atoms with Crippen molar-refractivity contribution in [1.82, 2.24) is 4.90 Å². The average molecular weight is 352 g/mol. The molecule has 0 spiro atoms. The van der Waals surface area contributed by atoms with Crippen LogP contribution in [-0.2, 0) is 12.6 Å². The van der Waals surface area contributed by atoms with Crippen LogP contribution in [0.4, 0.5) is 23.2 Å². The second kappa shape index (κ2) is 7.68. The van der Waals surface area contributed by atoms with Crippen LogP contribution in [0.3, 0.4) is 0 Å². The van der Waals surface area contributed by atoms with Crippen molar-refractivity contribution >= 4 is 12.0 Å². The van der Waals surface area contributed by atoms with Gasteiger partial charge < -0.3 is 4.90 Å². The molecular weight excluding hydrogens is 332 g/mol. The average Bonchev–Trinajstić information content (AvgIpc) is 2.55. The molecule has 0 radical (unpaired) electrons. The SMILES string of the molecule is CCN(C)C=Nc1cc(C)c(Cc2cccc(C(F)(F)F)c2)cc1F. The molecule has 0 heterocycles. The quantitative estimate of drug-likeness (QED) is 0.402. The summed E-state index contributed by atoms with van der Waals surface area (Å²) in [5.74, 6) is -0.492. The number of aryl methyl sites for hydroxylation is 1. The third-order valence-electron chi connectivity index (χ3n) is 3.95. The van der Waals surface area contributed by atoms with Gasteiger partial charge in [0.1, 0.15) is 11.5 Å². The first-order valence-corrected chi connectivity index (χ1v) is 7.90. The number of rotatable bonds is 5. The standard InChI is InChI=1S/C19H20F4N2/c1-4-25(3)12-24-18-8-13(2)15(11-17(18)20)9-14-6-5-7-16(10-14)19(21,22)23/h5-8,10-12H,4,9H2,1-3H3. The van der Waals surface area contributed by atoms with Gasteiger partial charge in [-0.15, -0.1) is 0 Å². The summed E-state index contributed by atoms with van der Waals surface area (Å²) in [4.78, 5) is 5.92. The molecule has 0 aliphatic carbocycles. The van der Waals surface area contributed by atoms with E-state index in [0.717, 1.165) is 24.2 Å². The van der Waals surface area contributed by atoms with E-state index in [9.17, 15) is 17.6 Å². The van der Waals surface area contributed by atoms with Crippen molar-refractivity contribution in [2.24, 2.45) is 4.99 Å². The van der Waals surface area contributed by atoms with Crippen LogP contribution in [0, 0.1) is 12.7 Å². The lowest BCUT2D eigenvalue weighted by atomic mass is 9.98. The zero-order valence-electron chi connectivity index (χ0n) is 14.4. The van der Waals surface area contributed by atoms with Crippen LogP contribution >= 0.6 is 0 Å². The summed E-state index contributed by atoms with van der Waals surface area (Å²) in [7, 11) is 1.83. The highest BCUT2D eigenvalue weighted by Gasteiger charge is 2.30. The fourth-order valence-corrected chi connectivity index (χ4v) is 2.32. The van der Waals surface area contributed by atoms with Crippen LogP contribution in [0.1, 0.15) is 29.2 Å². The molecule has 2 aromatic carbocycles. The number of halogens is 4. The summed E-state index contributed by atoms with van der Waals surface area (Å²) in [6, 6.07) is 8.04. The third-order valence-corrected chi connectivity index (χ3v) is 3.95. The lowest BCUT2D eigenvalue weighted by molar-refractivity contribution is -0.137. The van der Waals surface area contributed by atoms with Crippen molar-refractivity contribution in [3.05, 3.63) is 64.5 Å². The second-order valence-corrected chi connectivity index (χ2v) is 5.92. The zero-order valence-corrected chi connectivity index (χ0v) is 14.4. The second-order valence-electron chi connectivity index (χ2n) is 5.92. The van der Waals surface area contributed by atoms with E-state index >= 15 is 0 Å². The van der Waals surface area contributed by atoms with E-state index in [1.165, 1.54) is 12.1 Å². The van der Waals surface area contributed by atoms with Crippen molar-refractivity contribution in [3.8, 4) is 0 Å². The summed E-state index contributed by atoms with van der Waals surface area (Å²) in [6.45, 7) is 4.49. The number of nitrogens with zero attached hydrogens (tertiary/aromatic N) is 2. The molecule has 134 valence electrons. The van der Waals surface area contributed by atoms with Crippen molar-refractivity contribution in [2.75, 3.05) is 13.6 Å². The molecule has 6 heteroatoms. The van der Waals surface area contributed by atoms with Crippen LogP contribution in [-0.4, -0.2) is 24.8 Å². The van der Waals surface area contributed by atoms with Gasteiger partial charge in [-0.2, -0.15) is 13.2 Å². The highest BCUT2D eigenvalue weighted by Crippen LogP contribution is 2.30. The first kappa shape index (κ1) is 19.0. The summed E-state index contributed by atoms with van der Waals surface area (Å²) in [5, 5.41) is 0. The van der Waals surface area contributed by atoms with Crippen LogP contribution in [0.25, 0.3) is 0 Å². The van der Waals surface area contributed by atoms with Crippen molar-refractivity contribution in [3.63, 3.8) is 0 Å². The van der Waals surface area contributed by atoms with Crippen LogP contribution in [0.2, 0.25) is 0 Å². The Morgan fingerprint density at radius 3 is 2.52 bits per heavy atom. The topological polar surface area (TPSA) is 15.6 Å². The first-order chi connectivity index (χ1) is 11.7. The Morgan fingerprint density at radius 2 is 1.88 bits per heavy atom. The molecule has 0 aliphatic rings. The molecule has 0 bridgehead atoms. The Hall–Kier alpha value is -2.37. The van der Waals surface area contributed by atoms with Crippen LogP contribution in [0.15, 0.2) is 41.4 Å². The van der Waals surface area contributed by atoms with Gasteiger partial charge in [-0.05, 0) is 55.2 Å². The molecule has 0 saturated carbocycles. The number of benzene rings is 2. The smallest absolute Gasteiger partial charge is 0.366 e. The minimum Gasteiger partial charge on any atom is -0.366 e. The predicted octanol–water partition coefficient (Wildman–Crippen LogP) is 5.36. The maximum absolute atomic E-state index is 14.2. The summed E-state index contributed by atoms with van der Waals surface area (Å²) in [5.41, 5.74) is 1.42. The van der Waals surface area contributed by atoms with Gasteiger partial charge in [0.05, 0.1) is 11.9 Å². The Kier molecular flexibility index (Phi) is 5.82. The van der Waals surface area contributed by atoms with Gasteiger partial charge in [-0.3, -0.25) is 0 Å². The van der Waals surface area contributed by atoms with Gasteiger partial charge in [0.2, 0.25) is 0 Å². The molecule has 25 heavy (non-hydrogen) atoms. The highest BCUT2D eigenvalue weighted by molar-refractivity contribution is 5.62. The summed E-state index contributed by atoms with van der Waals surface area (Å²) in [6.07, 6.45) is -2.62. The zero-order chi connectivity index (χ0) is 18.6. The predicted molar refractivity (Wildman–Crippen MR) is 91.8 cm³/mol. The molecule has 0 aliphatic heterocycles. The van der Waals surface area contributed by atoms with Crippen molar-refractivity contribution in [2.45, 2.75) is 26.4 Å². The molecule has 2 aromatic rings. The van der Waals surface area contributed by atoms with E-state index in [0.29, 0.717) is 11.1 Å². The molecule has 0 saturated heterocycles. The Labute approximate surface area is 144 Å². The van der Waals surface area contributed by atoms with Crippen molar-refractivity contribution < 1.29 is 17.6 Å². The van der Waals surface area contributed by atoms with Gasteiger partial charge in [-0.25, -0.2) is 9.38 Å². The monoisotopic (exact) mass is 352 g/mol. The van der Waals surface area contributed by atoms with Gasteiger partial charge in [-0.1, -0.05) is 18.2 Å². The van der Waals surface area contributed by atoms with Gasteiger partial charge in [0, 0.05) is 13.6 Å². The van der Waals surface area contributed by atoms with E-state index in [2.05, 4.69) is 4.99 Å². The Morgan fingerprint density at radius 1 is 1.16 bits per heavy atom. The van der Waals surface area contributed by atoms with E-state index < -0.39 is 17.6 Å². The molecule has 2 rings (SSSR count). The lowest BCUT2D eigenvalue weighted by Gasteiger charge is -2.12. The maximum atomic E-state index is 14.2. The fraction of sp³-hybridized carbons (Fsp3) is 0.316. The van der Waals surface area contributed by atoms with Crippen LogP contribution in [0.5, 0.6) is 0 Å². The first-order valence-electron chi connectivity index (χ1n) is 7.90. The highest BCUT2D eigenvalue weighted by atomic mass is 19.4. The lowest BCUT2D eigenvalue weighted by Crippen LogP contribution is -2.14. The molecule has 0 aromatic heterocycles. The molecule has 0 atom stereocenters. The van der Waals surface area contributed by atoms with Gasteiger partial charge >= 0.3 is 6.18 Å². The van der Waals surface area contributed by atoms with E-state index in [1.54, 1.807) is 25.4 Å². The normalized spacial score (nSPS) is 12.0. The molecule has 0 N–H and O–H groups in total. The third kappa shape index (κ3) is 5.05. The number of aliphatic imine (C=N–C) groups is 1. The van der Waals surface area contributed by atoms with E-state index in [1.807, 2.05) is 18.9 Å². The fourth-order valence-electron chi connectivity index (χ4n) is 2.32. The number of alkyl halides is 3. The van der Waals surface area contributed by atoms with Crippen molar-refractivity contribution in [1.29, 1.82) is 0 Å². The van der Waals surface area contributed by atoms with Crippen LogP contribution < -0.4 is 0 Å². The minimum absolute atomic E-state index is 0.214. The molecule has 0 fully saturated rings. The van der Waals surface area contributed by atoms with E-state index in [-0.39, 0.29) is 12.1 Å². The Bertz CT molecular complexity index is 767. The molecular formula is C19H20F4N2. The summed E-state index contributed by atoms with van der Waals surface area (Å²) < 4.78 is 52.7. The largest absolute Gasteiger partial charge is 0.416 e. The summed E-state index contributed by atoms with van der Waals surface area (Å²) >= 11 is 0. The molecule has 2 nitrogen and oxygen atoms in total. The minimum atomic E-state index is -4.39. The van der Waals surface area contributed by atoms with Gasteiger partial charge in [0.15, 0.2) is 0 Å². The van der Waals surface area contributed by atoms with E-state index in [4.69, 9.17) is 0 Å². The maximum Gasteiger partial charge on any atom is 0.416 e. The Balaban J connectivity index is 2.27. The number of hydrogen-bond acceptors (Lipinski definition) is 1. The molecule has 0 unspecified atom stereocenters. The molecule has 0 amide bonds. The van der Waals surface area contributed by atoms with Gasteiger partial charge in [0.25, 0.3) is 0 Å². The number of hydrogen-bond donors (Lipinski definition) is 0.